The van der Waals surface area contributed by atoms with E-state index < -0.39 is 0 Å². The van der Waals surface area contributed by atoms with Gasteiger partial charge in [-0.1, -0.05) is 23.4 Å². The highest BCUT2D eigenvalue weighted by atomic mass is 16.5. The average Bonchev–Trinajstić information content (AvgIpc) is 3.06. The lowest BCUT2D eigenvalue weighted by atomic mass is 10.2. The summed E-state index contributed by atoms with van der Waals surface area (Å²) >= 11 is 0. The van der Waals surface area contributed by atoms with Crippen molar-refractivity contribution >= 4 is 0 Å². The van der Waals surface area contributed by atoms with E-state index in [4.69, 9.17) is 10.3 Å². The van der Waals surface area contributed by atoms with Gasteiger partial charge in [0.15, 0.2) is 5.82 Å². The minimum Gasteiger partial charge on any atom is -0.334 e. The summed E-state index contributed by atoms with van der Waals surface area (Å²) in [6.45, 7) is 0. The summed E-state index contributed by atoms with van der Waals surface area (Å²) < 4.78 is 7.08. The normalized spacial score (nSPS) is 16.0. The minimum atomic E-state index is -0.119. The van der Waals surface area contributed by atoms with Gasteiger partial charge in [0.25, 0.3) is 5.89 Å². The predicted molar refractivity (Wildman–Crippen MR) is 76.5 cm³/mol. The van der Waals surface area contributed by atoms with Gasteiger partial charge in [-0.2, -0.15) is 10.1 Å². The van der Waals surface area contributed by atoms with Crippen LogP contribution < -0.4 is 5.73 Å². The summed E-state index contributed by atoms with van der Waals surface area (Å²) in [4.78, 5) is 4.39. The summed E-state index contributed by atoms with van der Waals surface area (Å²) in [5.74, 6) is 1.55. The molecule has 1 aliphatic rings. The number of rotatable bonds is 4. The van der Waals surface area contributed by atoms with Crippen molar-refractivity contribution in [3.05, 3.63) is 48.5 Å². The Morgan fingerprint density at radius 1 is 1.24 bits per heavy atom. The summed E-state index contributed by atoms with van der Waals surface area (Å²) in [5.41, 5.74) is 7.86. The first-order valence-electron chi connectivity index (χ1n) is 7.01. The lowest BCUT2D eigenvalue weighted by molar-refractivity contribution is 0.411. The highest BCUT2D eigenvalue weighted by Gasteiger charge is 2.32. The third-order valence-electron chi connectivity index (χ3n) is 3.72. The van der Waals surface area contributed by atoms with Gasteiger partial charge in [-0.15, -0.1) is 0 Å². The Labute approximate surface area is 121 Å². The second kappa shape index (κ2) is 4.82. The Balaban J connectivity index is 1.61. The van der Waals surface area contributed by atoms with Crippen LogP contribution in [0.1, 0.15) is 24.7 Å². The number of nitrogens with two attached hydrogens (primary N) is 1. The molecule has 6 nitrogen and oxygen atoms in total. The van der Waals surface area contributed by atoms with Gasteiger partial charge in [0.2, 0.25) is 0 Å². The molecule has 2 N–H and O–H groups in total. The molecule has 0 radical (unpaired) electrons. The molecule has 106 valence electrons. The molecule has 6 heteroatoms. The highest BCUT2D eigenvalue weighted by Crippen LogP contribution is 2.38. The second-order valence-corrected chi connectivity index (χ2v) is 5.33. The monoisotopic (exact) mass is 281 g/mol. The smallest absolute Gasteiger partial charge is 0.261 e. The van der Waals surface area contributed by atoms with Crippen molar-refractivity contribution < 1.29 is 4.52 Å². The fraction of sp³-hybridized carbons (Fsp3) is 0.267. The molecule has 2 aromatic heterocycles. The third-order valence-corrected chi connectivity index (χ3v) is 3.72. The molecular formula is C15H15N5O. The molecule has 1 unspecified atom stereocenters. The minimum absolute atomic E-state index is 0.119. The van der Waals surface area contributed by atoms with E-state index in [1.54, 1.807) is 10.9 Å². The lowest BCUT2D eigenvalue weighted by Gasteiger charge is -2.01. The molecule has 1 fully saturated rings. The van der Waals surface area contributed by atoms with Crippen molar-refractivity contribution in [2.75, 3.05) is 0 Å². The Morgan fingerprint density at radius 2 is 2.05 bits per heavy atom. The van der Waals surface area contributed by atoms with Gasteiger partial charge in [0.05, 0.1) is 23.5 Å². The van der Waals surface area contributed by atoms with E-state index in [0.29, 0.717) is 17.6 Å². The Bertz CT molecular complexity index is 744. The molecule has 3 aromatic rings. The van der Waals surface area contributed by atoms with Gasteiger partial charge in [0, 0.05) is 6.20 Å². The molecule has 1 atom stereocenters. The van der Waals surface area contributed by atoms with Crippen LogP contribution in [0.3, 0.4) is 0 Å². The fourth-order valence-electron chi connectivity index (χ4n) is 2.31. The molecule has 0 aliphatic heterocycles. The maximum absolute atomic E-state index is 6.08. The van der Waals surface area contributed by atoms with Crippen LogP contribution in [0.4, 0.5) is 0 Å². The molecule has 1 aromatic carbocycles. The summed E-state index contributed by atoms with van der Waals surface area (Å²) in [5, 5.41) is 8.31. The first-order valence-corrected chi connectivity index (χ1v) is 7.01. The van der Waals surface area contributed by atoms with Crippen LogP contribution in [0, 0.1) is 5.92 Å². The van der Waals surface area contributed by atoms with Crippen LogP contribution in [0.2, 0.25) is 0 Å². The van der Waals surface area contributed by atoms with Crippen molar-refractivity contribution in [2.24, 2.45) is 11.7 Å². The molecular weight excluding hydrogens is 266 g/mol. The Morgan fingerprint density at radius 3 is 2.81 bits per heavy atom. The largest absolute Gasteiger partial charge is 0.334 e. The molecule has 0 amide bonds. The van der Waals surface area contributed by atoms with E-state index in [0.717, 1.165) is 24.1 Å². The maximum atomic E-state index is 6.08. The van der Waals surface area contributed by atoms with E-state index >= 15 is 0 Å². The fourth-order valence-corrected chi connectivity index (χ4v) is 2.31. The predicted octanol–water partition coefficient (Wildman–Crippen LogP) is 2.33. The lowest BCUT2D eigenvalue weighted by Crippen LogP contribution is -2.13. The average molecular weight is 281 g/mol. The number of para-hydroxylation sites is 1. The highest BCUT2D eigenvalue weighted by molar-refractivity contribution is 5.51. The molecule has 2 heterocycles. The van der Waals surface area contributed by atoms with Crippen LogP contribution in [-0.2, 0) is 0 Å². The van der Waals surface area contributed by atoms with Crippen molar-refractivity contribution in [1.29, 1.82) is 0 Å². The van der Waals surface area contributed by atoms with Crippen LogP contribution in [0.15, 0.2) is 47.2 Å². The van der Waals surface area contributed by atoms with Gasteiger partial charge in [-0.25, -0.2) is 4.68 Å². The van der Waals surface area contributed by atoms with Crippen molar-refractivity contribution in [1.82, 2.24) is 19.9 Å². The second-order valence-electron chi connectivity index (χ2n) is 5.33. The van der Waals surface area contributed by atoms with Gasteiger partial charge in [-0.3, -0.25) is 0 Å². The third kappa shape index (κ3) is 2.34. The maximum Gasteiger partial charge on any atom is 0.261 e. The molecule has 0 spiro atoms. The van der Waals surface area contributed by atoms with Gasteiger partial charge in [0.1, 0.15) is 0 Å². The number of hydrogen-bond donors (Lipinski definition) is 1. The van der Waals surface area contributed by atoms with E-state index in [1.807, 2.05) is 36.5 Å². The summed E-state index contributed by atoms with van der Waals surface area (Å²) in [6.07, 6.45) is 5.89. The Kier molecular flexibility index (Phi) is 2.82. The van der Waals surface area contributed by atoms with Crippen molar-refractivity contribution in [3.63, 3.8) is 0 Å². The zero-order valence-electron chi connectivity index (χ0n) is 11.4. The number of benzene rings is 1. The van der Waals surface area contributed by atoms with Crippen LogP contribution >= 0.6 is 0 Å². The number of nitrogens with zero attached hydrogens (tertiary/aromatic N) is 4. The van der Waals surface area contributed by atoms with E-state index in [9.17, 15) is 0 Å². The zero-order chi connectivity index (χ0) is 14.2. The molecule has 4 rings (SSSR count). The first kappa shape index (κ1) is 12.3. The molecule has 21 heavy (non-hydrogen) atoms. The summed E-state index contributed by atoms with van der Waals surface area (Å²) in [7, 11) is 0. The van der Waals surface area contributed by atoms with E-state index in [1.165, 1.54) is 0 Å². The first-order chi connectivity index (χ1) is 10.3. The molecule has 0 bridgehead atoms. The van der Waals surface area contributed by atoms with Crippen molar-refractivity contribution in [3.8, 4) is 17.1 Å². The number of hydrogen-bond acceptors (Lipinski definition) is 5. The Hall–Kier alpha value is -2.47. The van der Waals surface area contributed by atoms with Crippen LogP contribution in [0.25, 0.3) is 17.1 Å². The van der Waals surface area contributed by atoms with Gasteiger partial charge in [-0.05, 0) is 30.9 Å². The SMILES string of the molecule is NC(c1noc(-c2cnn(-c3ccccc3)c2)n1)C1CC1. The van der Waals surface area contributed by atoms with Gasteiger partial charge < -0.3 is 10.3 Å². The van der Waals surface area contributed by atoms with E-state index in [-0.39, 0.29) is 6.04 Å². The quantitative estimate of drug-likeness (QED) is 0.793. The zero-order valence-corrected chi connectivity index (χ0v) is 11.4. The van der Waals surface area contributed by atoms with Gasteiger partial charge >= 0.3 is 0 Å². The number of aromatic nitrogens is 4. The van der Waals surface area contributed by atoms with E-state index in [2.05, 4.69) is 15.2 Å². The topological polar surface area (TPSA) is 82.8 Å². The van der Waals surface area contributed by atoms with Crippen LogP contribution in [0.5, 0.6) is 0 Å². The summed E-state index contributed by atoms with van der Waals surface area (Å²) in [6, 6.07) is 9.76. The standard InChI is InChI=1S/C15H15N5O/c16-13(10-6-7-10)14-18-15(21-19-14)11-8-17-20(9-11)12-4-2-1-3-5-12/h1-5,8-10,13H,6-7,16H2. The van der Waals surface area contributed by atoms with Crippen LogP contribution in [-0.4, -0.2) is 19.9 Å². The molecule has 0 saturated heterocycles. The molecule has 1 saturated carbocycles. The van der Waals surface area contributed by atoms with Crippen molar-refractivity contribution in [2.45, 2.75) is 18.9 Å². The molecule has 1 aliphatic carbocycles.